The van der Waals surface area contributed by atoms with Crippen LogP contribution in [0, 0.1) is 17.9 Å². The van der Waals surface area contributed by atoms with E-state index in [0.717, 1.165) is 20.8 Å². The first-order chi connectivity index (χ1) is 10.3. The number of hydrogen-bond acceptors (Lipinski definition) is 3. The first-order valence-electron chi connectivity index (χ1n) is 6.25. The van der Waals surface area contributed by atoms with E-state index in [2.05, 4.69) is 15.9 Å². The molecule has 0 aliphatic heterocycles. The van der Waals surface area contributed by atoms with E-state index in [4.69, 9.17) is 11.8 Å². The van der Waals surface area contributed by atoms with Crippen molar-refractivity contribution in [1.82, 2.24) is 4.98 Å². The molecule has 0 fully saturated rings. The van der Waals surface area contributed by atoms with Crippen molar-refractivity contribution in [3.8, 4) is 6.07 Å². The Morgan fingerprint density at radius 1 is 1.19 bits per heavy atom. The monoisotopic (exact) mass is 287 g/mol. The number of nitriles is 1. The van der Waals surface area contributed by atoms with Crippen LogP contribution in [-0.4, -0.2) is 4.98 Å². The van der Waals surface area contributed by atoms with Crippen molar-refractivity contribution in [2.75, 3.05) is 0 Å². The molecule has 0 aliphatic rings. The van der Waals surface area contributed by atoms with E-state index < -0.39 is 0 Å². The van der Waals surface area contributed by atoms with Gasteiger partial charge < -0.3 is 0 Å². The van der Waals surface area contributed by atoms with Gasteiger partial charge >= 0.3 is 0 Å². The molecule has 0 spiro atoms. The predicted molar refractivity (Wildman–Crippen MR) is 85.3 cm³/mol. The highest BCUT2D eigenvalue weighted by atomic mass is 32.1. The third kappa shape index (κ3) is 2.67. The lowest BCUT2D eigenvalue weighted by molar-refractivity contribution is 1.44. The van der Waals surface area contributed by atoms with Gasteiger partial charge in [-0.05, 0) is 35.9 Å². The Morgan fingerprint density at radius 3 is 2.62 bits per heavy atom. The van der Waals surface area contributed by atoms with Crippen molar-refractivity contribution < 1.29 is 0 Å². The Balaban J connectivity index is 2.02. The molecule has 0 saturated carbocycles. The Kier molecular flexibility index (Phi) is 3.47. The molecular weight excluding hydrogens is 278 g/mol. The van der Waals surface area contributed by atoms with Crippen LogP contribution in [0.15, 0.2) is 48.5 Å². The molecule has 98 valence electrons. The third-order valence-corrected chi connectivity index (χ3v) is 4.04. The molecule has 0 radical (unpaired) electrons. The number of fused-ring (bicyclic) bond motifs is 1. The molecule has 21 heavy (non-hydrogen) atoms. The smallest absolute Gasteiger partial charge is 0.222 e. The molecule has 1 heterocycles. The molecule has 3 nitrogen and oxygen atoms in total. The summed E-state index contributed by atoms with van der Waals surface area (Å²) >= 11 is 1.51. The van der Waals surface area contributed by atoms with Crippen LogP contribution in [0.4, 0.5) is 0 Å². The second-order valence-electron chi connectivity index (χ2n) is 4.36. The summed E-state index contributed by atoms with van der Waals surface area (Å²) in [5, 5.41) is 9.51. The number of benzene rings is 2. The fourth-order valence-corrected chi connectivity index (χ4v) is 2.86. The molecule has 4 heteroatoms. The van der Waals surface area contributed by atoms with Crippen molar-refractivity contribution in [3.05, 3.63) is 76.1 Å². The van der Waals surface area contributed by atoms with Gasteiger partial charge in [0, 0.05) is 0 Å². The SMILES string of the molecule is [C-]#[N+]/C(=C/c1ccc(C#N)cc1)c1nc2ccccc2s1. The van der Waals surface area contributed by atoms with Gasteiger partial charge in [0.05, 0.1) is 28.4 Å². The van der Waals surface area contributed by atoms with Crippen molar-refractivity contribution >= 4 is 33.3 Å². The maximum Gasteiger partial charge on any atom is 0.222 e. The number of rotatable bonds is 2. The third-order valence-electron chi connectivity index (χ3n) is 2.98. The largest absolute Gasteiger partial charge is 0.248 e. The zero-order chi connectivity index (χ0) is 14.7. The molecule has 0 amide bonds. The molecule has 0 N–H and O–H groups in total. The first-order valence-corrected chi connectivity index (χ1v) is 7.07. The van der Waals surface area contributed by atoms with Crippen molar-refractivity contribution in [2.24, 2.45) is 0 Å². The van der Waals surface area contributed by atoms with Crippen molar-refractivity contribution in [1.29, 1.82) is 5.26 Å². The van der Waals surface area contributed by atoms with Crippen LogP contribution in [0.25, 0.3) is 26.8 Å². The van der Waals surface area contributed by atoms with E-state index in [-0.39, 0.29) is 0 Å². The van der Waals surface area contributed by atoms with E-state index in [1.54, 1.807) is 18.2 Å². The quantitative estimate of drug-likeness (QED) is 0.647. The van der Waals surface area contributed by atoms with Gasteiger partial charge in [-0.3, -0.25) is 0 Å². The lowest BCUT2D eigenvalue weighted by Crippen LogP contribution is -1.79. The summed E-state index contributed by atoms with van der Waals surface area (Å²) < 4.78 is 1.07. The van der Waals surface area contributed by atoms with Gasteiger partial charge in [0.2, 0.25) is 5.70 Å². The molecule has 0 unspecified atom stereocenters. The van der Waals surface area contributed by atoms with Gasteiger partial charge in [-0.25, -0.2) is 9.83 Å². The number of hydrogen-bond donors (Lipinski definition) is 0. The van der Waals surface area contributed by atoms with Gasteiger partial charge in [-0.2, -0.15) is 5.26 Å². The number of para-hydroxylation sites is 1. The maximum absolute atomic E-state index is 8.79. The molecule has 0 aliphatic carbocycles. The summed E-state index contributed by atoms with van der Waals surface area (Å²) in [6.07, 6.45) is 1.80. The van der Waals surface area contributed by atoms with Gasteiger partial charge in [0.25, 0.3) is 0 Å². The second-order valence-corrected chi connectivity index (χ2v) is 5.39. The van der Waals surface area contributed by atoms with Gasteiger partial charge in [-0.1, -0.05) is 24.3 Å². The molecule has 0 atom stereocenters. The average molecular weight is 287 g/mol. The van der Waals surface area contributed by atoms with Gasteiger partial charge in [-0.15, -0.1) is 11.3 Å². The van der Waals surface area contributed by atoms with Crippen LogP contribution in [0.1, 0.15) is 16.1 Å². The van der Waals surface area contributed by atoms with Gasteiger partial charge in [0.1, 0.15) is 5.01 Å². The highest BCUT2D eigenvalue weighted by Crippen LogP contribution is 2.29. The summed E-state index contributed by atoms with van der Waals surface area (Å²) in [7, 11) is 0. The van der Waals surface area contributed by atoms with Crippen LogP contribution >= 0.6 is 11.3 Å². The Bertz CT molecular complexity index is 873. The molecular formula is C17H9N3S. The highest BCUT2D eigenvalue weighted by Gasteiger charge is 2.08. The first kappa shape index (κ1) is 13.1. The van der Waals surface area contributed by atoms with Crippen molar-refractivity contribution in [3.63, 3.8) is 0 Å². The Morgan fingerprint density at radius 2 is 1.95 bits per heavy atom. The van der Waals surface area contributed by atoms with E-state index >= 15 is 0 Å². The van der Waals surface area contributed by atoms with E-state index in [1.807, 2.05) is 36.4 Å². The standard InChI is InChI=1S/C17H9N3S/c1-19-15(10-12-6-8-13(11-18)9-7-12)17-20-14-4-2-3-5-16(14)21-17/h2-10H/b15-10+. The minimum Gasteiger partial charge on any atom is -0.248 e. The maximum atomic E-state index is 8.79. The van der Waals surface area contributed by atoms with Crippen molar-refractivity contribution in [2.45, 2.75) is 0 Å². The van der Waals surface area contributed by atoms with Crippen LogP contribution in [0.2, 0.25) is 0 Å². The molecule has 2 aromatic carbocycles. The number of thiazole rings is 1. The fourth-order valence-electron chi connectivity index (χ4n) is 1.94. The lowest BCUT2D eigenvalue weighted by atomic mass is 10.1. The average Bonchev–Trinajstić information content (AvgIpc) is 2.97. The predicted octanol–water partition coefficient (Wildman–Crippen LogP) is 4.59. The molecule has 3 aromatic rings. The zero-order valence-corrected chi connectivity index (χ0v) is 11.8. The van der Waals surface area contributed by atoms with Crippen LogP contribution in [0.3, 0.4) is 0 Å². The summed E-state index contributed by atoms with van der Waals surface area (Å²) in [6, 6.07) is 17.1. The number of aromatic nitrogens is 1. The normalized spacial score (nSPS) is 11.0. The fraction of sp³-hybridized carbons (Fsp3) is 0. The van der Waals surface area contributed by atoms with E-state index in [1.165, 1.54) is 11.3 Å². The van der Waals surface area contributed by atoms with Crippen LogP contribution in [-0.2, 0) is 0 Å². The molecule has 3 rings (SSSR count). The Hall–Kier alpha value is -2.95. The second kappa shape index (κ2) is 5.58. The molecule has 0 bridgehead atoms. The van der Waals surface area contributed by atoms with E-state index in [9.17, 15) is 0 Å². The lowest BCUT2D eigenvalue weighted by Gasteiger charge is -1.95. The summed E-state index contributed by atoms with van der Waals surface area (Å²) in [4.78, 5) is 8.08. The Labute approximate surface area is 126 Å². The van der Waals surface area contributed by atoms with Crippen LogP contribution in [0.5, 0.6) is 0 Å². The van der Waals surface area contributed by atoms with Crippen LogP contribution < -0.4 is 0 Å². The number of nitrogens with zero attached hydrogens (tertiary/aromatic N) is 3. The summed E-state index contributed by atoms with van der Waals surface area (Å²) in [6.45, 7) is 7.37. The summed E-state index contributed by atoms with van der Waals surface area (Å²) in [5.74, 6) is 0. The molecule has 1 aromatic heterocycles. The minimum absolute atomic E-state index is 0.515. The topological polar surface area (TPSA) is 41.0 Å². The van der Waals surface area contributed by atoms with E-state index in [0.29, 0.717) is 11.3 Å². The molecule has 0 saturated heterocycles. The van der Waals surface area contributed by atoms with Gasteiger partial charge in [0.15, 0.2) is 0 Å². The summed E-state index contributed by atoms with van der Waals surface area (Å²) in [5.41, 5.74) is 2.92. The minimum atomic E-state index is 0.515. The zero-order valence-electron chi connectivity index (χ0n) is 10.9. The highest BCUT2D eigenvalue weighted by molar-refractivity contribution is 7.19.